The van der Waals surface area contributed by atoms with Gasteiger partial charge in [-0.05, 0) is 25.3 Å². The number of ether oxygens (including phenoxy) is 1. The first kappa shape index (κ1) is 14.4. The molecule has 20 heavy (non-hydrogen) atoms. The Morgan fingerprint density at radius 2 is 2.20 bits per heavy atom. The molecule has 0 N–H and O–H groups in total. The number of carbonyl (C=O) groups is 1. The molecule has 1 amide bonds. The van der Waals surface area contributed by atoms with Gasteiger partial charge in [0.2, 0.25) is 0 Å². The third kappa shape index (κ3) is 3.50. The summed E-state index contributed by atoms with van der Waals surface area (Å²) < 4.78 is 5.43. The smallest absolute Gasteiger partial charge is 0.410 e. The summed E-state index contributed by atoms with van der Waals surface area (Å²) in [6.07, 6.45) is 7.42. The van der Waals surface area contributed by atoms with Crippen molar-refractivity contribution in [2.24, 2.45) is 0 Å². The fourth-order valence-corrected chi connectivity index (χ4v) is 2.48. The second-order valence-electron chi connectivity index (χ2n) is 5.03. The predicted molar refractivity (Wildman–Crippen MR) is 80.3 cm³/mol. The van der Waals surface area contributed by atoms with Gasteiger partial charge in [-0.1, -0.05) is 48.6 Å². The van der Waals surface area contributed by atoms with Crippen LogP contribution in [0.3, 0.4) is 0 Å². The fourth-order valence-electron chi connectivity index (χ4n) is 2.48. The SMILES string of the molecule is C=CC[C@@H]1CC=C[C@H](C)N1C(=O)OCc1ccccc1. The summed E-state index contributed by atoms with van der Waals surface area (Å²) in [7, 11) is 0. The van der Waals surface area contributed by atoms with Gasteiger partial charge in [-0.2, -0.15) is 0 Å². The van der Waals surface area contributed by atoms with E-state index in [9.17, 15) is 4.79 Å². The molecule has 1 aromatic rings. The van der Waals surface area contributed by atoms with E-state index in [4.69, 9.17) is 4.74 Å². The summed E-state index contributed by atoms with van der Waals surface area (Å²) in [6.45, 7) is 6.09. The lowest BCUT2D eigenvalue weighted by molar-refractivity contribution is 0.0699. The summed E-state index contributed by atoms with van der Waals surface area (Å²) in [4.78, 5) is 14.1. The average molecular weight is 271 g/mol. The normalized spacial score (nSPS) is 21.6. The first-order valence-corrected chi connectivity index (χ1v) is 6.99. The Bertz CT molecular complexity index is 481. The number of carbonyl (C=O) groups excluding carboxylic acids is 1. The Labute approximate surface area is 120 Å². The molecule has 3 heteroatoms. The van der Waals surface area contributed by atoms with Crippen LogP contribution in [0.1, 0.15) is 25.3 Å². The molecule has 0 spiro atoms. The lowest BCUT2D eigenvalue weighted by Crippen LogP contribution is -2.47. The van der Waals surface area contributed by atoms with Crippen molar-refractivity contribution in [2.75, 3.05) is 0 Å². The molecule has 1 aliphatic rings. The van der Waals surface area contributed by atoms with Gasteiger partial charge in [0.1, 0.15) is 6.61 Å². The van der Waals surface area contributed by atoms with E-state index < -0.39 is 0 Å². The topological polar surface area (TPSA) is 29.5 Å². The molecule has 0 unspecified atom stereocenters. The van der Waals surface area contributed by atoms with Gasteiger partial charge in [-0.15, -0.1) is 6.58 Å². The highest BCUT2D eigenvalue weighted by atomic mass is 16.6. The number of rotatable bonds is 4. The van der Waals surface area contributed by atoms with E-state index >= 15 is 0 Å². The summed E-state index contributed by atoms with van der Waals surface area (Å²) >= 11 is 0. The zero-order valence-electron chi connectivity index (χ0n) is 11.9. The molecule has 106 valence electrons. The van der Waals surface area contributed by atoms with Gasteiger partial charge in [0.25, 0.3) is 0 Å². The first-order valence-electron chi connectivity index (χ1n) is 6.99. The molecule has 0 radical (unpaired) electrons. The zero-order valence-corrected chi connectivity index (χ0v) is 11.9. The Kier molecular flexibility index (Phi) is 4.99. The minimum atomic E-state index is -0.252. The zero-order chi connectivity index (χ0) is 14.4. The summed E-state index contributed by atoms with van der Waals surface area (Å²) in [5.41, 5.74) is 1.00. The standard InChI is InChI=1S/C17H21NO2/c1-3-8-16-12-7-9-14(2)18(16)17(19)20-13-15-10-5-4-6-11-15/h3-7,9-11,14,16H,1,8,12-13H2,2H3/t14-,16+/m0/s1. The van der Waals surface area contributed by atoms with Crippen LogP contribution >= 0.6 is 0 Å². The van der Waals surface area contributed by atoms with Crippen LogP contribution in [0, 0.1) is 0 Å². The van der Waals surface area contributed by atoms with Crippen molar-refractivity contribution in [1.29, 1.82) is 0 Å². The van der Waals surface area contributed by atoms with Crippen molar-refractivity contribution in [3.05, 3.63) is 60.7 Å². The largest absolute Gasteiger partial charge is 0.445 e. The number of hydrogen-bond donors (Lipinski definition) is 0. The van der Waals surface area contributed by atoms with E-state index in [-0.39, 0.29) is 18.2 Å². The third-order valence-corrected chi connectivity index (χ3v) is 3.51. The minimum absolute atomic E-state index is 0.0666. The number of hydrogen-bond acceptors (Lipinski definition) is 2. The fraction of sp³-hybridized carbons (Fsp3) is 0.353. The highest BCUT2D eigenvalue weighted by Crippen LogP contribution is 2.21. The van der Waals surface area contributed by atoms with Gasteiger partial charge < -0.3 is 4.74 Å². The Morgan fingerprint density at radius 1 is 1.45 bits per heavy atom. The quantitative estimate of drug-likeness (QED) is 0.777. The molecule has 1 aliphatic heterocycles. The van der Waals surface area contributed by atoms with E-state index in [1.807, 2.05) is 54.3 Å². The molecular formula is C17H21NO2. The summed E-state index contributed by atoms with van der Waals surface area (Å²) in [5, 5.41) is 0. The molecule has 0 aromatic heterocycles. The van der Waals surface area contributed by atoms with E-state index in [0.29, 0.717) is 6.61 Å². The van der Waals surface area contributed by atoms with Crippen LogP contribution in [-0.2, 0) is 11.3 Å². The molecular weight excluding hydrogens is 250 g/mol. The Balaban J connectivity index is 1.98. The maximum atomic E-state index is 12.3. The van der Waals surface area contributed by atoms with Crippen LogP contribution in [0.5, 0.6) is 0 Å². The average Bonchev–Trinajstić information content (AvgIpc) is 2.46. The number of amides is 1. The molecule has 1 aromatic carbocycles. The lowest BCUT2D eigenvalue weighted by atomic mass is 10.0. The molecule has 0 aliphatic carbocycles. The van der Waals surface area contributed by atoms with Gasteiger partial charge in [-0.25, -0.2) is 4.79 Å². The molecule has 0 fully saturated rings. The van der Waals surface area contributed by atoms with Gasteiger partial charge in [0.15, 0.2) is 0 Å². The second-order valence-corrected chi connectivity index (χ2v) is 5.03. The van der Waals surface area contributed by atoms with Crippen LogP contribution in [0.2, 0.25) is 0 Å². The summed E-state index contributed by atoms with van der Waals surface area (Å²) in [5.74, 6) is 0. The van der Waals surface area contributed by atoms with E-state index in [1.165, 1.54) is 0 Å². The van der Waals surface area contributed by atoms with Gasteiger partial charge in [0.05, 0.1) is 6.04 Å². The molecule has 0 saturated carbocycles. The maximum absolute atomic E-state index is 12.3. The van der Waals surface area contributed by atoms with Crippen LogP contribution < -0.4 is 0 Å². The Morgan fingerprint density at radius 3 is 2.90 bits per heavy atom. The predicted octanol–water partition coefficient (Wildman–Crippen LogP) is 3.92. The maximum Gasteiger partial charge on any atom is 0.410 e. The Hall–Kier alpha value is -2.03. The molecule has 2 rings (SSSR count). The highest BCUT2D eigenvalue weighted by Gasteiger charge is 2.29. The van der Waals surface area contributed by atoms with E-state index in [2.05, 4.69) is 12.7 Å². The molecule has 1 heterocycles. The molecule has 2 atom stereocenters. The van der Waals surface area contributed by atoms with Crippen molar-refractivity contribution in [1.82, 2.24) is 4.90 Å². The van der Waals surface area contributed by atoms with Gasteiger partial charge in [-0.3, -0.25) is 4.90 Å². The third-order valence-electron chi connectivity index (χ3n) is 3.51. The molecule has 3 nitrogen and oxygen atoms in total. The van der Waals surface area contributed by atoms with Crippen molar-refractivity contribution in [2.45, 2.75) is 38.5 Å². The van der Waals surface area contributed by atoms with Crippen LogP contribution in [0.15, 0.2) is 55.1 Å². The van der Waals surface area contributed by atoms with Crippen LogP contribution in [0.25, 0.3) is 0 Å². The van der Waals surface area contributed by atoms with Gasteiger partial charge >= 0.3 is 6.09 Å². The van der Waals surface area contributed by atoms with Crippen molar-refractivity contribution >= 4 is 6.09 Å². The molecule has 0 bridgehead atoms. The van der Waals surface area contributed by atoms with Crippen molar-refractivity contribution < 1.29 is 9.53 Å². The van der Waals surface area contributed by atoms with Crippen molar-refractivity contribution in [3.63, 3.8) is 0 Å². The van der Waals surface area contributed by atoms with Gasteiger partial charge in [0, 0.05) is 6.04 Å². The lowest BCUT2D eigenvalue weighted by Gasteiger charge is -2.36. The first-order chi connectivity index (χ1) is 9.72. The number of benzene rings is 1. The minimum Gasteiger partial charge on any atom is -0.445 e. The van der Waals surface area contributed by atoms with Crippen LogP contribution in [0.4, 0.5) is 4.79 Å². The molecule has 0 saturated heterocycles. The van der Waals surface area contributed by atoms with E-state index in [0.717, 1.165) is 18.4 Å². The van der Waals surface area contributed by atoms with Crippen LogP contribution in [-0.4, -0.2) is 23.1 Å². The van der Waals surface area contributed by atoms with E-state index in [1.54, 1.807) is 0 Å². The highest BCUT2D eigenvalue weighted by molar-refractivity contribution is 5.69. The monoisotopic (exact) mass is 271 g/mol. The van der Waals surface area contributed by atoms with Crippen molar-refractivity contribution in [3.8, 4) is 0 Å². The number of nitrogens with zero attached hydrogens (tertiary/aromatic N) is 1. The summed E-state index contributed by atoms with van der Waals surface area (Å²) in [6, 6.07) is 9.95. The second kappa shape index (κ2) is 6.94.